The first-order valence-electron chi connectivity index (χ1n) is 8.30. The van der Waals surface area contributed by atoms with Gasteiger partial charge in [0.1, 0.15) is 0 Å². The summed E-state index contributed by atoms with van der Waals surface area (Å²) in [6.45, 7) is 4.72. The molecule has 0 saturated carbocycles. The van der Waals surface area contributed by atoms with Gasteiger partial charge in [-0.2, -0.15) is 0 Å². The highest BCUT2D eigenvalue weighted by Crippen LogP contribution is 2.17. The molecule has 0 amide bonds. The van der Waals surface area contributed by atoms with Crippen LogP contribution in [0.4, 0.5) is 0 Å². The maximum atomic E-state index is 12.1. The van der Waals surface area contributed by atoms with Crippen LogP contribution in [-0.4, -0.2) is 21.4 Å². The van der Waals surface area contributed by atoms with Gasteiger partial charge in [-0.05, 0) is 36.2 Å². The van der Waals surface area contributed by atoms with Crippen molar-refractivity contribution in [2.24, 2.45) is 0 Å². The number of hydrogen-bond donors (Lipinski definition) is 2. The lowest BCUT2D eigenvalue weighted by molar-refractivity contribution is 0.241. The maximum absolute atomic E-state index is 12.1. The number of aromatic amines is 2. The van der Waals surface area contributed by atoms with Crippen LogP contribution in [-0.2, 0) is 25.9 Å². The molecule has 1 aromatic heterocycles. The average Bonchev–Trinajstić information content (AvgIpc) is 2.55. The molecule has 0 atom stereocenters. The minimum absolute atomic E-state index is 0.0524. The third kappa shape index (κ3) is 3.98. The van der Waals surface area contributed by atoms with E-state index in [9.17, 15) is 4.79 Å². The van der Waals surface area contributed by atoms with Crippen LogP contribution in [0.5, 0.6) is 0 Å². The van der Waals surface area contributed by atoms with Crippen LogP contribution in [0.15, 0.2) is 29.1 Å². The fourth-order valence-corrected chi connectivity index (χ4v) is 3.31. The molecule has 0 saturated heterocycles. The van der Waals surface area contributed by atoms with Crippen molar-refractivity contribution in [1.29, 1.82) is 0 Å². The van der Waals surface area contributed by atoms with Crippen LogP contribution < -0.4 is 5.56 Å². The highest BCUT2D eigenvalue weighted by molar-refractivity contribution is 7.71. The zero-order valence-electron chi connectivity index (χ0n) is 13.5. The molecule has 23 heavy (non-hydrogen) atoms. The van der Waals surface area contributed by atoms with Crippen LogP contribution in [0.2, 0.25) is 0 Å². The zero-order valence-corrected chi connectivity index (χ0v) is 14.3. The van der Waals surface area contributed by atoms with E-state index in [0.717, 1.165) is 37.2 Å². The Kier molecular flexibility index (Phi) is 5.08. The van der Waals surface area contributed by atoms with E-state index in [0.29, 0.717) is 11.3 Å². The summed E-state index contributed by atoms with van der Waals surface area (Å²) >= 11 is 5.04. The molecule has 3 rings (SSSR count). The van der Waals surface area contributed by atoms with Crippen LogP contribution >= 0.6 is 12.2 Å². The number of aryl methyl sites for hydroxylation is 1. The quantitative estimate of drug-likeness (QED) is 0.827. The third-order valence-electron chi connectivity index (χ3n) is 4.44. The van der Waals surface area contributed by atoms with Gasteiger partial charge in [-0.15, -0.1) is 0 Å². The molecule has 0 bridgehead atoms. The van der Waals surface area contributed by atoms with Gasteiger partial charge in [0.25, 0.3) is 5.56 Å². The molecule has 122 valence electrons. The monoisotopic (exact) mass is 329 g/mol. The Labute approximate surface area is 141 Å². The summed E-state index contributed by atoms with van der Waals surface area (Å²) in [7, 11) is 0. The van der Waals surface area contributed by atoms with Gasteiger partial charge in [0.15, 0.2) is 4.77 Å². The van der Waals surface area contributed by atoms with E-state index < -0.39 is 0 Å². The number of aromatic nitrogens is 2. The number of H-pyrrole nitrogens is 2. The maximum Gasteiger partial charge on any atom is 0.256 e. The lowest BCUT2D eigenvalue weighted by atomic mass is 10.0. The van der Waals surface area contributed by atoms with E-state index in [1.54, 1.807) is 0 Å². The first-order valence-corrected chi connectivity index (χ1v) is 8.71. The molecule has 0 unspecified atom stereocenters. The summed E-state index contributed by atoms with van der Waals surface area (Å²) in [6.07, 6.45) is 4.47. The molecule has 2 N–H and O–H groups in total. The molecule has 1 aliphatic rings. The second-order valence-electron chi connectivity index (χ2n) is 6.25. The number of fused-ring (bicyclic) bond motifs is 1. The molecule has 1 aliphatic heterocycles. The summed E-state index contributed by atoms with van der Waals surface area (Å²) < 4.78 is 0.421. The van der Waals surface area contributed by atoms with Gasteiger partial charge in [-0.1, -0.05) is 37.6 Å². The van der Waals surface area contributed by atoms with Crippen LogP contribution in [0.25, 0.3) is 0 Å². The molecule has 1 aromatic carbocycles. The van der Waals surface area contributed by atoms with Gasteiger partial charge in [0.2, 0.25) is 0 Å². The van der Waals surface area contributed by atoms with E-state index >= 15 is 0 Å². The zero-order chi connectivity index (χ0) is 16.2. The Morgan fingerprint density at radius 3 is 2.65 bits per heavy atom. The van der Waals surface area contributed by atoms with Crippen molar-refractivity contribution in [2.45, 2.75) is 45.7 Å². The molecule has 2 aromatic rings. The topological polar surface area (TPSA) is 51.9 Å². The van der Waals surface area contributed by atoms with E-state index in [2.05, 4.69) is 46.1 Å². The number of rotatable bonds is 5. The number of nitrogens with zero attached hydrogens (tertiary/aromatic N) is 1. The normalized spacial score (nSPS) is 14.7. The number of nitrogens with one attached hydrogen (secondary N) is 2. The van der Waals surface area contributed by atoms with Crippen molar-refractivity contribution in [3.8, 4) is 0 Å². The van der Waals surface area contributed by atoms with Crippen molar-refractivity contribution in [3.63, 3.8) is 0 Å². The van der Waals surface area contributed by atoms with Gasteiger partial charge in [-0.3, -0.25) is 14.7 Å². The Morgan fingerprint density at radius 2 is 1.91 bits per heavy atom. The van der Waals surface area contributed by atoms with Crippen molar-refractivity contribution in [1.82, 2.24) is 14.9 Å². The molecular formula is C18H23N3OS. The first kappa shape index (κ1) is 16.1. The van der Waals surface area contributed by atoms with Gasteiger partial charge in [0, 0.05) is 31.7 Å². The highest BCUT2D eigenvalue weighted by Gasteiger charge is 2.19. The van der Waals surface area contributed by atoms with Crippen LogP contribution in [0.1, 0.15) is 42.1 Å². The molecular weight excluding hydrogens is 306 g/mol. The molecule has 0 spiro atoms. The molecule has 4 nitrogen and oxygen atoms in total. The van der Waals surface area contributed by atoms with Crippen LogP contribution in [0.3, 0.4) is 0 Å². The van der Waals surface area contributed by atoms with E-state index in [-0.39, 0.29) is 5.56 Å². The summed E-state index contributed by atoms with van der Waals surface area (Å²) in [5.41, 5.74) is 4.47. The second kappa shape index (κ2) is 7.23. The van der Waals surface area contributed by atoms with Gasteiger partial charge < -0.3 is 4.98 Å². The molecule has 0 aliphatic carbocycles. The van der Waals surface area contributed by atoms with E-state index in [1.165, 1.54) is 24.0 Å². The first-order chi connectivity index (χ1) is 11.2. The van der Waals surface area contributed by atoms with Crippen molar-refractivity contribution >= 4 is 12.2 Å². The summed E-state index contributed by atoms with van der Waals surface area (Å²) in [6, 6.07) is 8.88. The lowest BCUT2D eigenvalue weighted by Gasteiger charge is -2.27. The Bertz CT molecular complexity index is 776. The van der Waals surface area contributed by atoms with E-state index in [4.69, 9.17) is 12.2 Å². The predicted molar refractivity (Wildman–Crippen MR) is 95.1 cm³/mol. The second-order valence-corrected chi connectivity index (χ2v) is 6.65. The van der Waals surface area contributed by atoms with E-state index in [1.807, 2.05) is 0 Å². The number of hydrogen-bond acceptors (Lipinski definition) is 3. The molecule has 5 heteroatoms. The molecule has 2 heterocycles. The Balaban J connectivity index is 1.67. The standard InChI is InChI=1S/C18H23N3OS/c1-2-3-4-13-5-7-14(8-6-13)11-21-10-9-16-15(12-21)17(22)20-18(23)19-16/h5-8H,2-4,9-12H2,1H3,(H2,19,20,22,23). The highest BCUT2D eigenvalue weighted by atomic mass is 32.1. The average molecular weight is 329 g/mol. The lowest BCUT2D eigenvalue weighted by Crippen LogP contribution is -2.35. The third-order valence-corrected chi connectivity index (χ3v) is 4.64. The summed E-state index contributed by atoms with van der Waals surface area (Å²) in [5.74, 6) is 0. The SMILES string of the molecule is CCCCc1ccc(CN2CCc3[nH]c(=S)[nH]c(=O)c3C2)cc1. The largest absolute Gasteiger partial charge is 0.335 e. The molecule has 0 fully saturated rings. The van der Waals surface area contributed by atoms with Crippen molar-refractivity contribution < 1.29 is 0 Å². The minimum atomic E-state index is -0.0524. The van der Waals surface area contributed by atoms with Crippen molar-refractivity contribution in [2.75, 3.05) is 6.54 Å². The Morgan fingerprint density at radius 1 is 1.17 bits per heavy atom. The fraction of sp³-hybridized carbons (Fsp3) is 0.444. The Hall–Kier alpha value is -1.72. The fourth-order valence-electron chi connectivity index (χ4n) is 3.10. The number of benzene rings is 1. The number of unbranched alkanes of at least 4 members (excludes halogenated alkanes) is 1. The van der Waals surface area contributed by atoms with Crippen LogP contribution in [0, 0.1) is 4.77 Å². The molecule has 0 radical (unpaired) electrons. The smallest absolute Gasteiger partial charge is 0.256 e. The van der Waals surface area contributed by atoms with Gasteiger partial charge in [0.05, 0.1) is 5.56 Å². The minimum Gasteiger partial charge on any atom is -0.335 e. The predicted octanol–water partition coefficient (Wildman–Crippen LogP) is 3.33. The van der Waals surface area contributed by atoms with Crippen molar-refractivity contribution in [3.05, 3.63) is 61.8 Å². The van der Waals surface area contributed by atoms with Gasteiger partial charge >= 0.3 is 0 Å². The summed E-state index contributed by atoms with van der Waals surface area (Å²) in [5, 5.41) is 0. The summed E-state index contributed by atoms with van der Waals surface area (Å²) in [4.78, 5) is 20.2. The van der Waals surface area contributed by atoms with Gasteiger partial charge in [-0.25, -0.2) is 0 Å².